The molecule has 0 radical (unpaired) electrons. The number of carbonyl (C=O) groups excluding carboxylic acids is 2. The average Bonchev–Trinajstić information content (AvgIpc) is 3.55. The largest absolute Gasteiger partial charge is 0.481 e. The summed E-state index contributed by atoms with van der Waals surface area (Å²) in [6, 6.07) is 15.1. The predicted molar refractivity (Wildman–Crippen MR) is 130 cm³/mol. The number of hydrogen-bond donors (Lipinski definition) is 3. The fourth-order valence-electron chi connectivity index (χ4n) is 4.30. The van der Waals surface area contributed by atoms with Crippen molar-refractivity contribution >= 4 is 18.0 Å². The molecule has 186 valence electrons. The maximum atomic E-state index is 12.8. The zero-order valence-corrected chi connectivity index (χ0v) is 20.3. The fourth-order valence-corrected chi connectivity index (χ4v) is 4.30. The van der Waals surface area contributed by atoms with Crippen LogP contribution in [0.4, 0.5) is 4.79 Å². The van der Waals surface area contributed by atoms with Crippen LogP contribution in [0.1, 0.15) is 50.7 Å². The van der Waals surface area contributed by atoms with Crippen LogP contribution in [0.3, 0.4) is 0 Å². The molecule has 35 heavy (non-hydrogen) atoms. The molecular formula is C27H32N2O6. The lowest BCUT2D eigenvalue weighted by Gasteiger charge is -2.25. The van der Waals surface area contributed by atoms with Gasteiger partial charge in [-0.15, -0.1) is 0 Å². The zero-order valence-electron chi connectivity index (χ0n) is 20.3. The van der Waals surface area contributed by atoms with Crippen molar-refractivity contribution in [1.29, 1.82) is 0 Å². The maximum absolute atomic E-state index is 12.8. The average molecular weight is 481 g/mol. The summed E-state index contributed by atoms with van der Waals surface area (Å²) in [5.74, 6) is -1.53. The Bertz CT molecular complexity index is 1070. The highest BCUT2D eigenvalue weighted by molar-refractivity contribution is 5.87. The molecule has 2 aromatic carbocycles. The summed E-state index contributed by atoms with van der Waals surface area (Å²) in [5, 5.41) is 14.6. The Labute approximate surface area is 205 Å². The van der Waals surface area contributed by atoms with Crippen molar-refractivity contribution in [2.75, 3.05) is 19.8 Å². The Morgan fingerprint density at radius 2 is 1.60 bits per heavy atom. The molecule has 8 nitrogen and oxygen atoms in total. The van der Waals surface area contributed by atoms with E-state index in [1.165, 1.54) is 0 Å². The lowest BCUT2D eigenvalue weighted by Crippen LogP contribution is -2.52. The van der Waals surface area contributed by atoms with E-state index in [-0.39, 0.29) is 25.7 Å². The number of hydrogen-bond acceptors (Lipinski definition) is 5. The van der Waals surface area contributed by atoms with Crippen molar-refractivity contribution in [3.8, 4) is 11.1 Å². The highest BCUT2D eigenvalue weighted by Gasteiger charge is 2.50. The molecule has 0 heterocycles. The Morgan fingerprint density at radius 1 is 1.03 bits per heavy atom. The van der Waals surface area contributed by atoms with Gasteiger partial charge in [-0.3, -0.25) is 9.59 Å². The third-order valence-corrected chi connectivity index (χ3v) is 6.54. The first-order valence-corrected chi connectivity index (χ1v) is 11.9. The zero-order chi connectivity index (χ0) is 25.2. The first kappa shape index (κ1) is 24.7. The van der Waals surface area contributed by atoms with Gasteiger partial charge in [-0.25, -0.2) is 4.79 Å². The third-order valence-electron chi connectivity index (χ3n) is 6.54. The number of carbonyl (C=O) groups is 3. The van der Waals surface area contributed by atoms with E-state index in [9.17, 15) is 19.5 Å². The van der Waals surface area contributed by atoms with Crippen molar-refractivity contribution in [2.24, 2.45) is 5.41 Å². The topological polar surface area (TPSA) is 114 Å². The monoisotopic (exact) mass is 480 g/mol. The second kappa shape index (κ2) is 9.70. The van der Waals surface area contributed by atoms with Crippen LogP contribution in [0, 0.1) is 5.41 Å². The Morgan fingerprint density at radius 3 is 2.11 bits per heavy atom. The molecule has 0 saturated heterocycles. The molecule has 2 amide bonds. The first-order chi connectivity index (χ1) is 16.6. The summed E-state index contributed by atoms with van der Waals surface area (Å²) in [5.41, 5.74) is 3.00. The van der Waals surface area contributed by atoms with E-state index in [0.717, 1.165) is 22.3 Å². The number of carboxylic acids is 1. The van der Waals surface area contributed by atoms with Gasteiger partial charge in [-0.1, -0.05) is 48.5 Å². The number of fused-ring (bicyclic) bond motifs is 3. The summed E-state index contributed by atoms with van der Waals surface area (Å²) >= 11 is 0. The van der Waals surface area contributed by atoms with E-state index in [0.29, 0.717) is 12.8 Å². The van der Waals surface area contributed by atoms with Gasteiger partial charge in [0.1, 0.15) is 12.6 Å². The van der Waals surface area contributed by atoms with Crippen LogP contribution in [-0.2, 0) is 19.1 Å². The molecule has 4 rings (SSSR count). The minimum atomic E-state index is -1.02. The number of carboxylic acid groups (broad SMARTS) is 1. The molecule has 0 bridgehead atoms. The molecule has 8 heteroatoms. The van der Waals surface area contributed by atoms with Gasteiger partial charge in [0.15, 0.2) is 0 Å². The number of aliphatic carboxylic acids is 1. The molecule has 0 spiro atoms. The summed E-state index contributed by atoms with van der Waals surface area (Å²) < 4.78 is 11.3. The Hall–Kier alpha value is -3.39. The number of rotatable bonds is 9. The Kier molecular flexibility index (Phi) is 6.85. The van der Waals surface area contributed by atoms with Crippen molar-refractivity contribution in [3.05, 3.63) is 59.7 Å². The molecule has 1 fully saturated rings. The number of alkyl carbamates (subject to hydrolysis) is 1. The lowest BCUT2D eigenvalue weighted by molar-refractivity contribution is -0.143. The van der Waals surface area contributed by atoms with Gasteiger partial charge >= 0.3 is 12.1 Å². The van der Waals surface area contributed by atoms with E-state index < -0.39 is 35.0 Å². The van der Waals surface area contributed by atoms with E-state index in [4.69, 9.17) is 9.47 Å². The molecular weight excluding hydrogens is 448 g/mol. The molecule has 3 N–H and O–H groups in total. The molecule has 2 aliphatic carbocycles. The van der Waals surface area contributed by atoms with Gasteiger partial charge in [0, 0.05) is 12.5 Å². The van der Waals surface area contributed by atoms with E-state index in [1.807, 2.05) is 57.2 Å². The standard InChI is InChI=1S/C27H32N2O6/c1-26(2,3)35-15-22(23(30)28-16-27(12-13-27)24(31)32)29-25(33)34-14-21-19-10-6-4-8-17(19)18-9-5-7-11-20(18)21/h4-11,21-22H,12-16H2,1-3H3,(H,28,30)(H,29,33)(H,31,32)/t22-/m0/s1. The van der Waals surface area contributed by atoms with Gasteiger partial charge < -0.3 is 25.2 Å². The summed E-state index contributed by atoms with van der Waals surface area (Å²) in [6.45, 7) is 5.60. The van der Waals surface area contributed by atoms with Gasteiger partial charge in [0.2, 0.25) is 5.91 Å². The van der Waals surface area contributed by atoms with Gasteiger partial charge in [-0.2, -0.15) is 0 Å². The number of benzene rings is 2. The van der Waals surface area contributed by atoms with E-state index >= 15 is 0 Å². The van der Waals surface area contributed by atoms with Gasteiger partial charge in [0.25, 0.3) is 0 Å². The number of nitrogens with one attached hydrogen (secondary N) is 2. The normalized spacial score (nSPS) is 16.5. The fraction of sp³-hybridized carbons (Fsp3) is 0.444. The van der Waals surface area contributed by atoms with Crippen molar-refractivity contribution in [3.63, 3.8) is 0 Å². The van der Waals surface area contributed by atoms with Crippen LogP contribution in [0.2, 0.25) is 0 Å². The van der Waals surface area contributed by atoms with Crippen LogP contribution in [0.15, 0.2) is 48.5 Å². The molecule has 0 unspecified atom stereocenters. The van der Waals surface area contributed by atoms with Crippen LogP contribution in [0.25, 0.3) is 11.1 Å². The molecule has 2 aliphatic rings. The number of ether oxygens (including phenoxy) is 2. The molecule has 1 saturated carbocycles. The maximum Gasteiger partial charge on any atom is 0.407 e. The minimum Gasteiger partial charge on any atom is -0.481 e. The predicted octanol–water partition coefficient (Wildman–Crippen LogP) is 3.69. The SMILES string of the molecule is CC(C)(C)OC[C@H](NC(=O)OCC1c2ccccc2-c2ccccc21)C(=O)NCC1(C(=O)O)CC1. The van der Waals surface area contributed by atoms with Gasteiger partial charge in [0.05, 0.1) is 17.6 Å². The third kappa shape index (κ3) is 5.65. The van der Waals surface area contributed by atoms with Crippen molar-refractivity contribution in [2.45, 2.75) is 51.2 Å². The molecule has 2 aromatic rings. The molecule has 0 aromatic heterocycles. The highest BCUT2D eigenvalue weighted by Crippen LogP contribution is 2.45. The summed E-state index contributed by atoms with van der Waals surface area (Å²) in [7, 11) is 0. The van der Waals surface area contributed by atoms with E-state index in [1.54, 1.807) is 0 Å². The van der Waals surface area contributed by atoms with Crippen LogP contribution >= 0.6 is 0 Å². The second-order valence-corrected chi connectivity index (χ2v) is 10.2. The smallest absolute Gasteiger partial charge is 0.407 e. The van der Waals surface area contributed by atoms with Crippen LogP contribution < -0.4 is 10.6 Å². The van der Waals surface area contributed by atoms with Crippen molar-refractivity contribution < 1.29 is 29.0 Å². The van der Waals surface area contributed by atoms with E-state index in [2.05, 4.69) is 22.8 Å². The highest BCUT2D eigenvalue weighted by atomic mass is 16.5. The number of amides is 2. The van der Waals surface area contributed by atoms with Crippen LogP contribution in [-0.4, -0.2) is 54.5 Å². The summed E-state index contributed by atoms with van der Waals surface area (Å²) in [6.07, 6.45) is 0.306. The Balaban J connectivity index is 1.39. The molecule has 0 aliphatic heterocycles. The minimum absolute atomic E-state index is 0.0134. The quantitative estimate of drug-likeness (QED) is 0.504. The van der Waals surface area contributed by atoms with Gasteiger partial charge in [-0.05, 0) is 55.9 Å². The lowest BCUT2D eigenvalue weighted by atomic mass is 9.98. The second-order valence-electron chi connectivity index (χ2n) is 10.2. The van der Waals surface area contributed by atoms with Crippen LogP contribution in [0.5, 0.6) is 0 Å². The van der Waals surface area contributed by atoms with Crippen molar-refractivity contribution in [1.82, 2.24) is 10.6 Å². The molecule has 1 atom stereocenters. The first-order valence-electron chi connectivity index (χ1n) is 11.9. The summed E-state index contributed by atoms with van der Waals surface area (Å²) in [4.78, 5) is 37.0.